The zero-order valence-electron chi connectivity index (χ0n) is 13.6. The van der Waals surface area contributed by atoms with Gasteiger partial charge in [0, 0.05) is 25.0 Å². The highest BCUT2D eigenvalue weighted by atomic mass is 16.6. The first-order valence-corrected chi connectivity index (χ1v) is 7.95. The summed E-state index contributed by atoms with van der Waals surface area (Å²) in [5.74, 6) is 1.10. The van der Waals surface area contributed by atoms with Gasteiger partial charge in [-0.15, -0.1) is 0 Å². The number of carbonyl (C=O) groups is 1. The van der Waals surface area contributed by atoms with Crippen LogP contribution in [0.25, 0.3) is 0 Å². The van der Waals surface area contributed by atoms with Crippen LogP contribution in [-0.4, -0.2) is 23.5 Å². The molecule has 4 rings (SSSR count). The van der Waals surface area contributed by atoms with Crippen molar-refractivity contribution in [3.05, 3.63) is 58.1 Å². The van der Waals surface area contributed by atoms with Gasteiger partial charge < -0.3 is 14.4 Å². The SMILES string of the molecule is COc1ccc(CN2C(=O)C3(CC3)Oc3ccc([N+](=O)[O-])cc32)cc1. The van der Waals surface area contributed by atoms with Gasteiger partial charge in [0.1, 0.15) is 11.5 Å². The van der Waals surface area contributed by atoms with E-state index in [-0.39, 0.29) is 11.6 Å². The van der Waals surface area contributed by atoms with E-state index in [9.17, 15) is 14.9 Å². The molecule has 0 atom stereocenters. The molecule has 0 unspecified atom stereocenters. The fourth-order valence-corrected chi connectivity index (χ4v) is 3.03. The Kier molecular flexibility index (Phi) is 3.38. The summed E-state index contributed by atoms with van der Waals surface area (Å²) in [5, 5.41) is 11.1. The molecular formula is C18H16N2O5. The second-order valence-electron chi connectivity index (χ2n) is 6.24. The number of nitro benzene ring substituents is 1. The highest BCUT2D eigenvalue weighted by Crippen LogP contribution is 2.50. The first-order chi connectivity index (χ1) is 12.0. The van der Waals surface area contributed by atoms with Gasteiger partial charge in [-0.3, -0.25) is 14.9 Å². The number of hydrogen-bond acceptors (Lipinski definition) is 5. The predicted octanol–water partition coefficient (Wildman–Crippen LogP) is 3.06. The minimum atomic E-state index is -0.796. The van der Waals surface area contributed by atoms with Gasteiger partial charge in [0.15, 0.2) is 5.60 Å². The molecule has 2 aliphatic rings. The first-order valence-electron chi connectivity index (χ1n) is 7.95. The Morgan fingerprint density at radius 1 is 1.24 bits per heavy atom. The summed E-state index contributed by atoms with van der Waals surface area (Å²) < 4.78 is 11.0. The van der Waals surface area contributed by atoms with E-state index in [0.29, 0.717) is 30.8 Å². The standard InChI is InChI=1S/C18H16N2O5/c1-24-14-5-2-12(3-6-14)11-19-15-10-13(20(22)23)4-7-16(15)25-18(8-9-18)17(19)21/h2-7,10H,8-9,11H2,1H3. The third-order valence-electron chi connectivity index (χ3n) is 4.59. The number of carbonyl (C=O) groups excluding carboxylic acids is 1. The van der Waals surface area contributed by atoms with Crippen LogP contribution in [0.5, 0.6) is 11.5 Å². The maximum atomic E-state index is 12.9. The maximum Gasteiger partial charge on any atom is 0.271 e. The molecule has 2 aromatic carbocycles. The van der Waals surface area contributed by atoms with Crippen molar-refractivity contribution in [1.29, 1.82) is 0 Å². The van der Waals surface area contributed by atoms with Crippen molar-refractivity contribution in [3.63, 3.8) is 0 Å². The van der Waals surface area contributed by atoms with Gasteiger partial charge >= 0.3 is 0 Å². The zero-order valence-corrected chi connectivity index (χ0v) is 13.6. The van der Waals surface area contributed by atoms with Crippen LogP contribution in [0.15, 0.2) is 42.5 Å². The lowest BCUT2D eigenvalue weighted by Gasteiger charge is -2.34. The van der Waals surface area contributed by atoms with E-state index in [1.165, 1.54) is 12.1 Å². The van der Waals surface area contributed by atoms with E-state index in [1.54, 1.807) is 18.1 Å². The molecule has 7 nitrogen and oxygen atoms in total. The molecule has 25 heavy (non-hydrogen) atoms. The van der Waals surface area contributed by atoms with Crippen LogP contribution in [0.2, 0.25) is 0 Å². The Morgan fingerprint density at radius 3 is 2.56 bits per heavy atom. The third kappa shape index (κ3) is 2.57. The Hall–Kier alpha value is -3.09. The van der Waals surface area contributed by atoms with Crippen LogP contribution < -0.4 is 14.4 Å². The normalized spacial score (nSPS) is 17.0. The van der Waals surface area contributed by atoms with Crippen molar-refractivity contribution >= 4 is 17.3 Å². The molecule has 7 heteroatoms. The number of anilines is 1. The largest absolute Gasteiger partial charge is 0.497 e. The third-order valence-corrected chi connectivity index (χ3v) is 4.59. The first kappa shape index (κ1) is 15.4. The number of amides is 1. The van der Waals surface area contributed by atoms with Crippen LogP contribution in [-0.2, 0) is 11.3 Å². The molecular weight excluding hydrogens is 324 g/mol. The lowest BCUT2D eigenvalue weighted by Crippen LogP contribution is -2.47. The lowest BCUT2D eigenvalue weighted by molar-refractivity contribution is -0.384. The number of benzene rings is 2. The van der Waals surface area contributed by atoms with Gasteiger partial charge in [-0.2, -0.15) is 0 Å². The average molecular weight is 340 g/mol. The summed E-state index contributed by atoms with van der Waals surface area (Å²) in [7, 11) is 1.59. The highest BCUT2D eigenvalue weighted by molar-refractivity contribution is 6.04. The molecule has 128 valence electrons. The molecule has 1 amide bonds. The summed E-state index contributed by atoms with van der Waals surface area (Å²) in [6, 6.07) is 11.8. The van der Waals surface area contributed by atoms with Crippen molar-refractivity contribution in [2.24, 2.45) is 0 Å². The molecule has 1 heterocycles. The van der Waals surface area contributed by atoms with Gasteiger partial charge in [0.05, 0.1) is 24.3 Å². The summed E-state index contributed by atoms with van der Waals surface area (Å²) in [6.45, 7) is 0.322. The van der Waals surface area contributed by atoms with Crippen LogP contribution in [0.4, 0.5) is 11.4 Å². The van der Waals surface area contributed by atoms with E-state index in [0.717, 1.165) is 11.3 Å². The number of non-ortho nitro benzene ring substituents is 1. The Balaban J connectivity index is 1.73. The number of hydrogen-bond donors (Lipinski definition) is 0. The fraction of sp³-hybridized carbons (Fsp3) is 0.278. The van der Waals surface area contributed by atoms with E-state index in [4.69, 9.17) is 9.47 Å². The quantitative estimate of drug-likeness (QED) is 0.631. The second kappa shape index (κ2) is 5.47. The highest BCUT2D eigenvalue weighted by Gasteiger charge is 2.58. The molecule has 1 fully saturated rings. The minimum Gasteiger partial charge on any atom is -0.497 e. The van der Waals surface area contributed by atoms with E-state index in [1.807, 2.05) is 24.3 Å². The average Bonchev–Trinajstić information content (AvgIpc) is 3.39. The molecule has 1 aliphatic carbocycles. The number of ether oxygens (including phenoxy) is 2. The summed E-state index contributed by atoms with van der Waals surface area (Å²) in [5.41, 5.74) is 0.480. The summed E-state index contributed by atoms with van der Waals surface area (Å²) in [4.78, 5) is 25.1. The lowest BCUT2D eigenvalue weighted by atomic mass is 10.1. The van der Waals surface area contributed by atoms with Crippen molar-refractivity contribution in [2.75, 3.05) is 12.0 Å². The van der Waals surface area contributed by atoms with Gasteiger partial charge in [-0.25, -0.2) is 0 Å². The predicted molar refractivity (Wildman–Crippen MR) is 89.9 cm³/mol. The number of rotatable bonds is 4. The molecule has 2 aromatic rings. The molecule has 0 N–H and O–H groups in total. The Bertz CT molecular complexity index is 858. The number of nitrogens with zero attached hydrogens (tertiary/aromatic N) is 2. The Labute approximate surface area is 143 Å². The van der Waals surface area contributed by atoms with Crippen LogP contribution in [0.1, 0.15) is 18.4 Å². The monoisotopic (exact) mass is 340 g/mol. The van der Waals surface area contributed by atoms with Crippen molar-refractivity contribution in [3.8, 4) is 11.5 Å². The molecule has 1 spiro atoms. The molecule has 1 aliphatic heterocycles. The van der Waals surface area contributed by atoms with Crippen molar-refractivity contribution < 1.29 is 19.2 Å². The number of methoxy groups -OCH3 is 1. The fourth-order valence-electron chi connectivity index (χ4n) is 3.03. The van der Waals surface area contributed by atoms with Crippen LogP contribution in [0.3, 0.4) is 0 Å². The van der Waals surface area contributed by atoms with E-state index >= 15 is 0 Å². The van der Waals surface area contributed by atoms with Gasteiger partial charge in [-0.1, -0.05) is 12.1 Å². The van der Waals surface area contributed by atoms with Crippen molar-refractivity contribution in [1.82, 2.24) is 0 Å². The Morgan fingerprint density at radius 2 is 1.96 bits per heavy atom. The van der Waals surface area contributed by atoms with Gasteiger partial charge in [-0.05, 0) is 23.8 Å². The van der Waals surface area contributed by atoms with Crippen LogP contribution in [0, 0.1) is 10.1 Å². The van der Waals surface area contributed by atoms with Crippen molar-refractivity contribution in [2.45, 2.75) is 25.0 Å². The van der Waals surface area contributed by atoms with E-state index < -0.39 is 10.5 Å². The molecule has 0 saturated heterocycles. The zero-order chi connectivity index (χ0) is 17.6. The molecule has 0 aromatic heterocycles. The number of nitro groups is 1. The summed E-state index contributed by atoms with van der Waals surface area (Å²) in [6.07, 6.45) is 1.34. The molecule has 1 saturated carbocycles. The molecule has 0 radical (unpaired) electrons. The topological polar surface area (TPSA) is 81.9 Å². The maximum absolute atomic E-state index is 12.9. The smallest absolute Gasteiger partial charge is 0.271 e. The second-order valence-corrected chi connectivity index (χ2v) is 6.24. The van der Waals surface area contributed by atoms with E-state index in [2.05, 4.69) is 0 Å². The van der Waals surface area contributed by atoms with Crippen LogP contribution >= 0.6 is 0 Å². The van der Waals surface area contributed by atoms with Gasteiger partial charge in [0.2, 0.25) is 0 Å². The van der Waals surface area contributed by atoms with Gasteiger partial charge in [0.25, 0.3) is 11.6 Å². The number of fused-ring (bicyclic) bond motifs is 1. The summed E-state index contributed by atoms with van der Waals surface area (Å²) >= 11 is 0. The molecule has 0 bridgehead atoms. The minimum absolute atomic E-state index is 0.0679.